The smallest absolute Gasteiger partial charge is 0.262 e. The number of carbonyl (C=O) groups excluding carboxylic acids is 2. The van der Waals surface area contributed by atoms with E-state index in [1.54, 1.807) is 12.1 Å². The van der Waals surface area contributed by atoms with Gasteiger partial charge in [0.15, 0.2) is 6.29 Å². The van der Waals surface area contributed by atoms with Crippen molar-refractivity contribution in [2.75, 3.05) is 0 Å². The summed E-state index contributed by atoms with van der Waals surface area (Å²) >= 11 is 0. The van der Waals surface area contributed by atoms with Gasteiger partial charge in [-0.2, -0.15) is 0 Å². The van der Waals surface area contributed by atoms with Gasteiger partial charge < -0.3 is 10.2 Å². The highest BCUT2D eigenvalue weighted by Gasteiger charge is 2.59. The molecule has 4 bridgehead atoms. The number of hydrogen-bond donors (Lipinski definition) is 2. The molecule has 4 aliphatic carbocycles. The quantitative estimate of drug-likeness (QED) is 0.621. The second kappa shape index (κ2) is 5.89. The zero-order valence-corrected chi connectivity index (χ0v) is 16.3. The fraction of sp³-hybridized carbons (Fsp3) is 0.500. The van der Waals surface area contributed by atoms with Gasteiger partial charge in [0.2, 0.25) is 0 Å². The fourth-order valence-electron chi connectivity index (χ4n) is 7.46. The Morgan fingerprint density at radius 3 is 1.69 bits per heavy atom. The van der Waals surface area contributed by atoms with E-state index in [2.05, 4.69) is 0 Å². The average Bonchev–Trinajstić information content (AvgIpc) is 2.90. The maximum atomic E-state index is 13.4. The fourth-order valence-corrected chi connectivity index (χ4v) is 7.46. The van der Waals surface area contributed by atoms with Crippen LogP contribution in [0.1, 0.15) is 59.2 Å². The molecule has 1 heterocycles. The average molecular weight is 391 g/mol. The third-order valence-corrected chi connectivity index (χ3v) is 8.06. The maximum Gasteiger partial charge on any atom is 0.262 e. The summed E-state index contributed by atoms with van der Waals surface area (Å²) < 4.78 is 0. The van der Waals surface area contributed by atoms with Crippen molar-refractivity contribution in [3.05, 3.63) is 47.5 Å². The van der Waals surface area contributed by atoms with E-state index in [0.29, 0.717) is 28.9 Å². The van der Waals surface area contributed by atoms with E-state index in [9.17, 15) is 19.8 Å². The largest absolute Gasteiger partial charge is 0.366 e. The molecule has 4 fully saturated rings. The van der Waals surface area contributed by atoms with E-state index < -0.39 is 12.3 Å². The van der Waals surface area contributed by atoms with Gasteiger partial charge in [-0.15, -0.1) is 0 Å². The lowest BCUT2D eigenvalue weighted by molar-refractivity contribution is -0.170. The molecule has 0 saturated heterocycles. The second-order valence-corrected chi connectivity index (χ2v) is 9.86. The SMILES string of the molecule is O=C1c2cc3ccccc3cc2C(=O)N1[C@@H](C(O)O)C12CC3CC(CC(C3)C1)C2. The Bertz CT molecular complexity index is 953. The molecule has 1 aliphatic heterocycles. The molecule has 2 aromatic carbocycles. The molecular weight excluding hydrogens is 366 g/mol. The number of aliphatic hydroxyl groups excluding tert-OH is 1. The molecule has 29 heavy (non-hydrogen) atoms. The topological polar surface area (TPSA) is 77.8 Å². The number of carbonyl (C=O) groups is 2. The van der Waals surface area contributed by atoms with Gasteiger partial charge in [-0.1, -0.05) is 24.3 Å². The molecule has 2 amide bonds. The van der Waals surface area contributed by atoms with Crippen LogP contribution in [0.2, 0.25) is 0 Å². The Morgan fingerprint density at radius 2 is 1.28 bits per heavy atom. The Kier molecular flexibility index (Phi) is 3.58. The Morgan fingerprint density at radius 1 is 0.828 bits per heavy atom. The van der Waals surface area contributed by atoms with Gasteiger partial charge in [0, 0.05) is 0 Å². The molecule has 5 heteroatoms. The normalized spacial score (nSPS) is 33.8. The minimum atomic E-state index is -1.72. The van der Waals surface area contributed by atoms with Crippen LogP contribution in [0.15, 0.2) is 36.4 Å². The summed E-state index contributed by atoms with van der Waals surface area (Å²) in [4.78, 5) is 27.9. The van der Waals surface area contributed by atoms with Crippen molar-refractivity contribution in [3.63, 3.8) is 0 Å². The second-order valence-electron chi connectivity index (χ2n) is 9.86. The minimum absolute atomic E-state index is 0.365. The number of amides is 2. The summed E-state index contributed by atoms with van der Waals surface area (Å²) in [6, 6.07) is 10.3. The summed E-state index contributed by atoms with van der Waals surface area (Å²) in [6.07, 6.45) is 4.57. The van der Waals surface area contributed by atoms with Crippen molar-refractivity contribution in [1.82, 2.24) is 4.90 Å². The van der Waals surface area contributed by atoms with Gasteiger partial charge in [0.1, 0.15) is 0 Å². The van der Waals surface area contributed by atoms with E-state index in [-0.39, 0.29) is 17.2 Å². The lowest BCUT2D eigenvalue weighted by Crippen LogP contribution is -2.62. The molecule has 1 atom stereocenters. The van der Waals surface area contributed by atoms with Crippen LogP contribution < -0.4 is 0 Å². The highest BCUT2D eigenvalue weighted by atomic mass is 16.5. The standard InChI is InChI=1S/C24H25NO4/c26-21-18-8-16-3-1-2-4-17(16)9-19(18)22(27)25(21)20(23(28)29)24-10-13-5-14(11-24)7-15(6-13)12-24/h1-4,8-9,13-15,20,23,28-29H,5-7,10-12H2/t13?,14?,15?,20-,24?/m0/s1. The van der Waals surface area contributed by atoms with Crippen LogP contribution in [-0.2, 0) is 0 Å². The maximum absolute atomic E-state index is 13.4. The number of fused-ring (bicyclic) bond motifs is 2. The third-order valence-electron chi connectivity index (χ3n) is 8.06. The molecule has 0 aromatic heterocycles. The Hall–Kier alpha value is -2.24. The summed E-state index contributed by atoms with van der Waals surface area (Å²) in [5.41, 5.74) is 0.392. The van der Waals surface area contributed by atoms with Crippen LogP contribution in [0, 0.1) is 23.2 Å². The predicted molar refractivity (Wildman–Crippen MR) is 107 cm³/mol. The molecule has 5 nitrogen and oxygen atoms in total. The lowest BCUT2D eigenvalue weighted by atomic mass is 9.47. The van der Waals surface area contributed by atoms with Crippen molar-refractivity contribution >= 4 is 22.6 Å². The summed E-state index contributed by atoms with van der Waals surface area (Å²) in [5.74, 6) is 0.981. The Balaban J connectivity index is 1.45. The van der Waals surface area contributed by atoms with Gasteiger partial charge >= 0.3 is 0 Å². The van der Waals surface area contributed by atoms with Gasteiger partial charge in [-0.25, -0.2) is 0 Å². The highest BCUT2D eigenvalue weighted by molar-refractivity contribution is 6.23. The van der Waals surface area contributed by atoms with Crippen LogP contribution >= 0.6 is 0 Å². The number of nitrogens with zero attached hydrogens (tertiary/aromatic N) is 1. The van der Waals surface area contributed by atoms with Crippen molar-refractivity contribution in [2.45, 2.75) is 50.9 Å². The van der Waals surface area contributed by atoms with E-state index in [1.165, 1.54) is 24.2 Å². The van der Waals surface area contributed by atoms with E-state index in [4.69, 9.17) is 0 Å². The summed E-state index contributed by atoms with van der Waals surface area (Å²) in [5, 5.41) is 22.7. The third kappa shape index (κ3) is 2.41. The van der Waals surface area contributed by atoms with Crippen molar-refractivity contribution < 1.29 is 19.8 Å². The molecule has 0 spiro atoms. The number of imide groups is 1. The van der Waals surface area contributed by atoms with Crippen LogP contribution in [-0.4, -0.2) is 39.3 Å². The van der Waals surface area contributed by atoms with Gasteiger partial charge in [-0.05, 0) is 84.6 Å². The van der Waals surface area contributed by atoms with Crippen LogP contribution in [0.5, 0.6) is 0 Å². The van der Waals surface area contributed by atoms with Crippen molar-refractivity contribution in [3.8, 4) is 0 Å². The number of hydrogen-bond acceptors (Lipinski definition) is 4. The summed E-state index contributed by atoms with van der Waals surface area (Å²) in [7, 11) is 0. The molecule has 5 aliphatic rings. The number of rotatable bonds is 3. The van der Waals surface area contributed by atoms with E-state index in [1.807, 2.05) is 24.3 Å². The highest BCUT2D eigenvalue weighted by Crippen LogP contribution is 2.62. The first kappa shape index (κ1) is 17.6. The molecule has 7 rings (SSSR count). The number of benzene rings is 2. The van der Waals surface area contributed by atoms with Gasteiger partial charge in [0.05, 0.1) is 17.2 Å². The first-order valence-corrected chi connectivity index (χ1v) is 10.7. The molecule has 4 saturated carbocycles. The molecule has 2 aromatic rings. The van der Waals surface area contributed by atoms with E-state index >= 15 is 0 Å². The minimum Gasteiger partial charge on any atom is -0.366 e. The zero-order valence-electron chi connectivity index (χ0n) is 16.3. The van der Waals surface area contributed by atoms with Crippen LogP contribution in [0.4, 0.5) is 0 Å². The zero-order chi connectivity index (χ0) is 19.9. The van der Waals surface area contributed by atoms with Crippen molar-refractivity contribution in [1.29, 1.82) is 0 Å². The first-order chi connectivity index (χ1) is 13.9. The van der Waals surface area contributed by atoms with Gasteiger partial charge in [-0.3, -0.25) is 14.5 Å². The monoisotopic (exact) mass is 391 g/mol. The summed E-state index contributed by atoms with van der Waals surface area (Å²) in [6.45, 7) is 0. The first-order valence-electron chi connectivity index (χ1n) is 10.7. The molecule has 0 unspecified atom stereocenters. The molecular formula is C24H25NO4. The lowest BCUT2D eigenvalue weighted by Gasteiger charge is -2.60. The van der Waals surface area contributed by atoms with Crippen LogP contribution in [0.3, 0.4) is 0 Å². The van der Waals surface area contributed by atoms with Crippen LogP contribution in [0.25, 0.3) is 10.8 Å². The molecule has 2 N–H and O–H groups in total. The van der Waals surface area contributed by atoms with Crippen molar-refractivity contribution in [2.24, 2.45) is 23.2 Å². The van der Waals surface area contributed by atoms with E-state index in [0.717, 1.165) is 30.0 Å². The molecule has 0 radical (unpaired) electrons. The molecule has 150 valence electrons. The Labute approximate surface area is 169 Å². The van der Waals surface area contributed by atoms with Gasteiger partial charge in [0.25, 0.3) is 11.8 Å². The number of aliphatic hydroxyl groups is 2. The predicted octanol–water partition coefficient (Wildman–Crippen LogP) is 3.33.